The van der Waals surface area contributed by atoms with Crippen LogP contribution in [0.2, 0.25) is 0 Å². The number of allylic oxidation sites excluding steroid dienone is 1. The van der Waals surface area contributed by atoms with Gasteiger partial charge in [-0.15, -0.1) is 0 Å². The lowest BCUT2D eigenvalue weighted by Crippen LogP contribution is -1.97. The standard InChI is InChI=1S/C9H12N2O/c12-9(7-3-1-2-4-7)8-5-10-11-6-8/h3,5-6,9,12H,1-2,4H2,(H,10,11). The van der Waals surface area contributed by atoms with Gasteiger partial charge in [0.2, 0.25) is 0 Å². The number of hydrogen-bond acceptors (Lipinski definition) is 2. The number of aliphatic hydroxyl groups excluding tert-OH is 1. The van der Waals surface area contributed by atoms with Crippen LogP contribution in [0.4, 0.5) is 0 Å². The van der Waals surface area contributed by atoms with Crippen LogP contribution in [0.15, 0.2) is 24.0 Å². The SMILES string of the molecule is OC(C1=CCCC1)c1cn[nH]c1. The normalized spacial score (nSPS) is 19.2. The topological polar surface area (TPSA) is 48.9 Å². The summed E-state index contributed by atoms with van der Waals surface area (Å²) in [5.74, 6) is 0. The molecular formula is C9H12N2O. The molecule has 1 atom stereocenters. The first-order chi connectivity index (χ1) is 5.88. The van der Waals surface area contributed by atoms with Crippen molar-refractivity contribution in [2.75, 3.05) is 0 Å². The van der Waals surface area contributed by atoms with Crippen LogP contribution in [0.3, 0.4) is 0 Å². The van der Waals surface area contributed by atoms with E-state index in [0.717, 1.165) is 24.0 Å². The highest BCUT2D eigenvalue weighted by atomic mass is 16.3. The molecule has 64 valence electrons. The minimum absolute atomic E-state index is 0.439. The van der Waals surface area contributed by atoms with Gasteiger partial charge >= 0.3 is 0 Å². The summed E-state index contributed by atoms with van der Waals surface area (Å²) in [6, 6.07) is 0. The van der Waals surface area contributed by atoms with Gasteiger partial charge in [-0.05, 0) is 24.8 Å². The number of aromatic amines is 1. The number of aromatic nitrogens is 2. The number of hydrogen-bond donors (Lipinski definition) is 2. The molecule has 3 heteroatoms. The molecule has 2 N–H and O–H groups in total. The molecule has 1 unspecified atom stereocenters. The maximum atomic E-state index is 9.78. The summed E-state index contributed by atoms with van der Waals surface area (Å²) >= 11 is 0. The van der Waals surface area contributed by atoms with Crippen LogP contribution < -0.4 is 0 Å². The fourth-order valence-corrected chi connectivity index (χ4v) is 1.57. The Morgan fingerprint density at radius 3 is 3.08 bits per heavy atom. The second-order valence-electron chi connectivity index (χ2n) is 3.11. The molecule has 0 spiro atoms. The first-order valence-electron chi connectivity index (χ1n) is 4.23. The number of H-pyrrole nitrogens is 1. The van der Waals surface area contributed by atoms with E-state index in [0.29, 0.717) is 0 Å². The van der Waals surface area contributed by atoms with Gasteiger partial charge in [0.15, 0.2) is 0 Å². The second-order valence-corrected chi connectivity index (χ2v) is 3.11. The average molecular weight is 164 g/mol. The number of nitrogens with one attached hydrogen (secondary N) is 1. The predicted molar refractivity (Wildman–Crippen MR) is 45.5 cm³/mol. The van der Waals surface area contributed by atoms with Crippen molar-refractivity contribution >= 4 is 0 Å². The van der Waals surface area contributed by atoms with Crippen LogP contribution in [0.25, 0.3) is 0 Å². The summed E-state index contributed by atoms with van der Waals surface area (Å²) in [7, 11) is 0. The molecule has 0 amide bonds. The zero-order valence-electron chi connectivity index (χ0n) is 6.83. The van der Waals surface area contributed by atoms with Gasteiger partial charge in [-0.3, -0.25) is 5.10 Å². The molecule has 0 fully saturated rings. The van der Waals surface area contributed by atoms with Gasteiger partial charge < -0.3 is 5.11 Å². The second kappa shape index (κ2) is 3.11. The Balaban J connectivity index is 2.14. The Morgan fingerprint density at radius 1 is 1.58 bits per heavy atom. The van der Waals surface area contributed by atoms with Crippen molar-refractivity contribution in [2.24, 2.45) is 0 Å². The minimum atomic E-state index is -0.439. The molecule has 0 aromatic carbocycles. The van der Waals surface area contributed by atoms with Crippen molar-refractivity contribution in [2.45, 2.75) is 25.4 Å². The van der Waals surface area contributed by atoms with E-state index >= 15 is 0 Å². The smallest absolute Gasteiger partial charge is 0.103 e. The summed E-state index contributed by atoms with van der Waals surface area (Å²) in [5, 5.41) is 16.3. The third-order valence-corrected chi connectivity index (χ3v) is 2.26. The van der Waals surface area contributed by atoms with Crippen LogP contribution in [0.5, 0.6) is 0 Å². The van der Waals surface area contributed by atoms with Gasteiger partial charge in [0.1, 0.15) is 6.10 Å². The molecule has 0 bridgehead atoms. The van der Waals surface area contributed by atoms with Gasteiger partial charge in [0.05, 0.1) is 6.20 Å². The fraction of sp³-hybridized carbons (Fsp3) is 0.444. The summed E-state index contributed by atoms with van der Waals surface area (Å²) < 4.78 is 0. The third-order valence-electron chi connectivity index (χ3n) is 2.26. The van der Waals surface area contributed by atoms with E-state index in [1.165, 1.54) is 6.42 Å². The van der Waals surface area contributed by atoms with E-state index in [2.05, 4.69) is 16.3 Å². The van der Waals surface area contributed by atoms with Crippen molar-refractivity contribution in [3.63, 3.8) is 0 Å². The average Bonchev–Trinajstić information content (AvgIpc) is 2.77. The van der Waals surface area contributed by atoms with Crippen LogP contribution in [0, 0.1) is 0 Å². The maximum Gasteiger partial charge on any atom is 0.103 e. The Hall–Kier alpha value is -1.09. The highest BCUT2D eigenvalue weighted by Crippen LogP contribution is 2.29. The molecule has 12 heavy (non-hydrogen) atoms. The summed E-state index contributed by atoms with van der Waals surface area (Å²) in [6.45, 7) is 0. The lowest BCUT2D eigenvalue weighted by molar-refractivity contribution is 0.213. The van der Waals surface area contributed by atoms with E-state index in [-0.39, 0.29) is 0 Å². The predicted octanol–water partition coefficient (Wildman–Crippen LogP) is 1.55. The molecular weight excluding hydrogens is 152 g/mol. The van der Waals surface area contributed by atoms with Crippen molar-refractivity contribution in [3.8, 4) is 0 Å². The van der Waals surface area contributed by atoms with Gasteiger partial charge in [0, 0.05) is 11.8 Å². The van der Waals surface area contributed by atoms with Crippen LogP contribution in [-0.2, 0) is 0 Å². The Bertz CT molecular complexity index is 277. The molecule has 3 nitrogen and oxygen atoms in total. The first-order valence-corrected chi connectivity index (χ1v) is 4.23. The van der Waals surface area contributed by atoms with Crippen molar-refractivity contribution in [1.29, 1.82) is 0 Å². The first kappa shape index (κ1) is 7.55. The van der Waals surface area contributed by atoms with Crippen molar-refractivity contribution < 1.29 is 5.11 Å². The quantitative estimate of drug-likeness (QED) is 0.651. The summed E-state index contributed by atoms with van der Waals surface area (Å²) in [4.78, 5) is 0. The molecule has 1 aromatic rings. The van der Waals surface area contributed by atoms with E-state index in [4.69, 9.17) is 0 Å². The van der Waals surface area contributed by atoms with Gasteiger partial charge in [0.25, 0.3) is 0 Å². The Labute approximate surface area is 71.1 Å². The fourth-order valence-electron chi connectivity index (χ4n) is 1.57. The number of rotatable bonds is 2. The van der Waals surface area contributed by atoms with Gasteiger partial charge in [-0.1, -0.05) is 6.08 Å². The summed E-state index contributed by atoms with van der Waals surface area (Å²) in [5.41, 5.74) is 2.00. The Morgan fingerprint density at radius 2 is 2.50 bits per heavy atom. The van der Waals surface area contributed by atoms with Gasteiger partial charge in [-0.2, -0.15) is 5.10 Å². The third kappa shape index (κ3) is 1.28. The van der Waals surface area contributed by atoms with Crippen molar-refractivity contribution in [1.82, 2.24) is 10.2 Å². The highest BCUT2D eigenvalue weighted by molar-refractivity contribution is 5.23. The molecule has 1 heterocycles. The van der Waals surface area contributed by atoms with Crippen LogP contribution in [0.1, 0.15) is 30.9 Å². The number of aliphatic hydroxyl groups is 1. The van der Waals surface area contributed by atoms with Crippen LogP contribution >= 0.6 is 0 Å². The molecule has 0 radical (unpaired) electrons. The van der Waals surface area contributed by atoms with E-state index in [1.54, 1.807) is 12.4 Å². The summed E-state index contributed by atoms with van der Waals surface area (Å²) in [6.07, 6.45) is 8.39. The van der Waals surface area contributed by atoms with E-state index in [1.807, 2.05) is 0 Å². The zero-order chi connectivity index (χ0) is 8.39. The lowest BCUT2D eigenvalue weighted by atomic mass is 10.0. The van der Waals surface area contributed by atoms with Crippen molar-refractivity contribution in [3.05, 3.63) is 29.6 Å². The largest absolute Gasteiger partial charge is 0.384 e. The van der Waals surface area contributed by atoms with Gasteiger partial charge in [-0.25, -0.2) is 0 Å². The van der Waals surface area contributed by atoms with E-state index < -0.39 is 6.10 Å². The molecule has 0 saturated heterocycles. The highest BCUT2D eigenvalue weighted by Gasteiger charge is 2.16. The Kier molecular flexibility index (Phi) is 1.96. The number of nitrogens with zero attached hydrogens (tertiary/aromatic N) is 1. The molecule has 0 saturated carbocycles. The lowest BCUT2D eigenvalue weighted by Gasteiger charge is -2.08. The molecule has 0 aliphatic heterocycles. The van der Waals surface area contributed by atoms with E-state index in [9.17, 15) is 5.11 Å². The molecule has 1 aliphatic carbocycles. The monoisotopic (exact) mass is 164 g/mol. The molecule has 1 aromatic heterocycles. The molecule has 1 aliphatic rings. The zero-order valence-corrected chi connectivity index (χ0v) is 6.83. The van der Waals surface area contributed by atoms with Crippen LogP contribution in [-0.4, -0.2) is 15.3 Å². The maximum absolute atomic E-state index is 9.78. The molecule has 2 rings (SSSR count). The minimum Gasteiger partial charge on any atom is -0.384 e.